The number of carbonyl (C=O) groups is 1. The minimum Gasteiger partial charge on any atom is -0.372 e. The van der Waals surface area contributed by atoms with Gasteiger partial charge in [0.1, 0.15) is 11.9 Å². The van der Waals surface area contributed by atoms with E-state index in [1.807, 2.05) is 31.9 Å². The average Bonchev–Trinajstić information content (AvgIpc) is 2.46. The maximum Gasteiger partial charge on any atom is 0.242 e. The summed E-state index contributed by atoms with van der Waals surface area (Å²) in [4.78, 5) is 20.1. The second kappa shape index (κ2) is 6.55. The second-order valence-corrected chi connectivity index (χ2v) is 5.43. The molecule has 6 nitrogen and oxygen atoms in total. The Morgan fingerprint density at radius 2 is 2.14 bits per heavy atom. The van der Waals surface area contributed by atoms with Crippen LogP contribution in [0.4, 0.5) is 5.82 Å². The van der Waals surface area contributed by atoms with Crippen LogP contribution in [0.5, 0.6) is 0 Å². The monoisotopic (exact) mass is 288 g/mol. The first-order chi connectivity index (χ1) is 9.99. The summed E-state index contributed by atoms with van der Waals surface area (Å²) < 4.78 is 5.63. The van der Waals surface area contributed by atoms with Crippen molar-refractivity contribution in [2.24, 2.45) is 0 Å². The van der Waals surface area contributed by atoms with Gasteiger partial charge in [-0.15, -0.1) is 0 Å². The van der Waals surface area contributed by atoms with Crippen molar-refractivity contribution < 1.29 is 9.53 Å². The molecule has 1 aliphatic heterocycles. The molecule has 0 N–H and O–H groups in total. The van der Waals surface area contributed by atoms with Crippen molar-refractivity contribution in [2.45, 2.75) is 26.1 Å². The van der Waals surface area contributed by atoms with Crippen LogP contribution in [0.1, 0.15) is 19.4 Å². The van der Waals surface area contributed by atoms with Gasteiger partial charge in [0.2, 0.25) is 5.91 Å². The van der Waals surface area contributed by atoms with Crippen LogP contribution in [0.15, 0.2) is 18.3 Å². The van der Waals surface area contributed by atoms with Gasteiger partial charge in [0, 0.05) is 26.3 Å². The maximum atomic E-state index is 12.3. The number of rotatable bonds is 3. The number of nitrogens with zero attached hydrogens (tertiary/aromatic N) is 4. The van der Waals surface area contributed by atoms with Gasteiger partial charge < -0.3 is 14.5 Å². The van der Waals surface area contributed by atoms with E-state index in [2.05, 4.69) is 4.98 Å². The van der Waals surface area contributed by atoms with Crippen LogP contribution in [-0.2, 0) is 9.53 Å². The van der Waals surface area contributed by atoms with Gasteiger partial charge >= 0.3 is 0 Å². The van der Waals surface area contributed by atoms with Gasteiger partial charge in [-0.1, -0.05) is 0 Å². The van der Waals surface area contributed by atoms with Crippen LogP contribution in [0.2, 0.25) is 0 Å². The molecule has 112 valence electrons. The van der Waals surface area contributed by atoms with Crippen molar-refractivity contribution in [1.82, 2.24) is 9.88 Å². The molecule has 2 rings (SSSR count). The Balaban J connectivity index is 1.96. The maximum absolute atomic E-state index is 12.3. The number of likely N-dealkylation sites (N-methyl/N-ethyl adjacent to an activating group) is 1. The minimum absolute atomic E-state index is 0.0608. The van der Waals surface area contributed by atoms with Crippen LogP contribution in [-0.4, -0.2) is 54.7 Å². The molecule has 21 heavy (non-hydrogen) atoms. The Morgan fingerprint density at radius 1 is 1.48 bits per heavy atom. The van der Waals surface area contributed by atoms with Crippen molar-refractivity contribution >= 4 is 11.7 Å². The summed E-state index contributed by atoms with van der Waals surface area (Å²) in [5.41, 5.74) is 0.509. The number of hydrogen-bond donors (Lipinski definition) is 0. The smallest absolute Gasteiger partial charge is 0.242 e. The summed E-state index contributed by atoms with van der Waals surface area (Å²) in [6.07, 6.45) is 1.64. The lowest BCUT2D eigenvalue weighted by Crippen LogP contribution is -2.50. The Bertz CT molecular complexity index is 528. The Morgan fingerprint density at radius 3 is 2.67 bits per heavy atom. The molecule has 0 saturated carbocycles. The molecule has 2 atom stereocenters. The molecule has 2 heterocycles. The van der Waals surface area contributed by atoms with E-state index < -0.39 is 0 Å². The quantitative estimate of drug-likeness (QED) is 0.830. The average molecular weight is 288 g/mol. The van der Waals surface area contributed by atoms with Crippen molar-refractivity contribution in [2.75, 3.05) is 31.6 Å². The van der Waals surface area contributed by atoms with Gasteiger partial charge in [0.25, 0.3) is 0 Å². The van der Waals surface area contributed by atoms with E-state index in [1.165, 1.54) is 6.20 Å². The Hall–Kier alpha value is -2.13. The van der Waals surface area contributed by atoms with Gasteiger partial charge in [-0.2, -0.15) is 5.26 Å². The predicted octanol–water partition coefficient (Wildman–Crippen LogP) is 1.03. The topological polar surface area (TPSA) is 69.5 Å². The van der Waals surface area contributed by atoms with E-state index in [9.17, 15) is 4.79 Å². The van der Waals surface area contributed by atoms with E-state index in [0.717, 1.165) is 0 Å². The first-order valence-electron chi connectivity index (χ1n) is 7.00. The molecule has 1 aromatic rings. The number of aromatic nitrogens is 1. The van der Waals surface area contributed by atoms with Gasteiger partial charge in [-0.3, -0.25) is 4.79 Å². The van der Waals surface area contributed by atoms with Gasteiger partial charge in [0.15, 0.2) is 0 Å². The second-order valence-electron chi connectivity index (χ2n) is 5.43. The molecule has 0 spiro atoms. The number of hydrogen-bond acceptors (Lipinski definition) is 5. The molecular formula is C15H20N4O2. The van der Waals surface area contributed by atoms with Gasteiger partial charge in [-0.25, -0.2) is 4.98 Å². The third-order valence-corrected chi connectivity index (χ3v) is 3.41. The molecule has 1 fully saturated rings. The predicted molar refractivity (Wildman–Crippen MR) is 78.8 cm³/mol. The highest BCUT2D eigenvalue weighted by Crippen LogP contribution is 2.13. The van der Waals surface area contributed by atoms with Crippen LogP contribution in [0, 0.1) is 11.3 Å². The van der Waals surface area contributed by atoms with Crippen molar-refractivity contribution in [3.05, 3.63) is 23.9 Å². The lowest BCUT2D eigenvalue weighted by Gasteiger charge is -2.36. The summed E-state index contributed by atoms with van der Waals surface area (Å²) in [5, 5.41) is 8.76. The van der Waals surface area contributed by atoms with Crippen LogP contribution in [0.25, 0.3) is 0 Å². The molecule has 6 heteroatoms. The number of amides is 1. The number of anilines is 1. The number of nitriles is 1. The third-order valence-electron chi connectivity index (χ3n) is 3.41. The standard InChI is InChI=1S/C15H20N4O2/c1-11-8-19(9-12(2)21-11)15(20)10-18(3)14-5-4-13(6-16)7-17-14/h4-5,7,11-12H,8-10H2,1-3H3. The molecule has 1 aromatic heterocycles. The normalized spacial score (nSPS) is 21.7. The largest absolute Gasteiger partial charge is 0.372 e. The van der Waals surface area contributed by atoms with E-state index in [4.69, 9.17) is 10.00 Å². The molecule has 1 amide bonds. The third kappa shape index (κ3) is 3.92. The van der Waals surface area contributed by atoms with E-state index in [1.54, 1.807) is 17.0 Å². The lowest BCUT2D eigenvalue weighted by atomic mass is 10.2. The van der Waals surface area contributed by atoms with E-state index in [0.29, 0.717) is 24.5 Å². The summed E-state index contributed by atoms with van der Waals surface area (Å²) >= 11 is 0. The van der Waals surface area contributed by atoms with Crippen LogP contribution in [0.3, 0.4) is 0 Å². The SMILES string of the molecule is CC1CN(C(=O)CN(C)c2ccc(C#N)cn2)CC(C)O1. The zero-order valence-electron chi connectivity index (χ0n) is 12.6. The first-order valence-corrected chi connectivity index (χ1v) is 7.00. The van der Waals surface area contributed by atoms with Gasteiger partial charge in [0.05, 0.1) is 24.3 Å². The highest BCUT2D eigenvalue weighted by Gasteiger charge is 2.26. The van der Waals surface area contributed by atoms with E-state index in [-0.39, 0.29) is 24.7 Å². The fraction of sp³-hybridized carbons (Fsp3) is 0.533. The highest BCUT2D eigenvalue weighted by molar-refractivity contribution is 5.81. The summed E-state index contributed by atoms with van der Waals surface area (Å²) in [6, 6.07) is 5.47. The fourth-order valence-corrected chi connectivity index (χ4v) is 2.44. The molecule has 1 aliphatic rings. The summed E-state index contributed by atoms with van der Waals surface area (Å²) in [5.74, 6) is 0.738. The molecule has 0 aromatic carbocycles. The highest BCUT2D eigenvalue weighted by atomic mass is 16.5. The van der Waals surface area contributed by atoms with Gasteiger partial charge in [-0.05, 0) is 26.0 Å². The molecule has 2 unspecified atom stereocenters. The lowest BCUT2D eigenvalue weighted by molar-refractivity contribution is -0.141. The number of pyridine rings is 1. The van der Waals surface area contributed by atoms with Crippen LogP contribution < -0.4 is 4.90 Å². The zero-order chi connectivity index (χ0) is 15.4. The Kier molecular flexibility index (Phi) is 4.76. The molecular weight excluding hydrogens is 268 g/mol. The molecule has 1 saturated heterocycles. The number of carbonyl (C=O) groups excluding carboxylic acids is 1. The zero-order valence-corrected chi connectivity index (χ0v) is 12.6. The van der Waals surface area contributed by atoms with E-state index >= 15 is 0 Å². The van der Waals surface area contributed by atoms with Crippen molar-refractivity contribution in [1.29, 1.82) is 5.26 Å². The number of ether oxygens (including phenoxy) is 1. The first kappa shape index (κ1) is 15.3. The number of morpholine rings is 1. The molecule has 0 radical (unpaired) electrons. The molecule has 0 bridgehead atoms. The summed E-state index contributed by atoms with van der Waals surface area (Å²) in [6.45, 7) is 5.46. The van der Waals surface area contributed by atoms with Crippen molar-refractivity contribution in [3.63, 3.8) is 0 Å². The minimum atomic E-state index is 0.0608. The molecule has 0 aliphatic carbocycles. The van der Waals surface area contributed by atoms with Crippen molar-refractivity contribution in [3.8, 4) is 6.07 Å². The van der Waals surface area contributed by atoms with Crippen LogP contribution >= 0.6 is 0 Å². The summed E-state index contributed by atoms with van der Waals surface area (Å²) in [7, 11) is 1.82. The Labute approximate surface area is 124 Å². The fourth-order valence-electron chi connectivity index (χ4n) is 2.44.